The van der Waals surface area contributed by atoms with Crippen LogP contribution in [0.25, 0.3) is 0 Å². The third-order valence-corrected chi connectivity index (χ3v) is 3.35. The van der Waals surface area contributed by atoms with Gasteiger partial charge in [-0.1, -0.05) is 0 Å². The van der Waals surface area contributed by atoms with Gasteiger partial charge in [-0.2, -0.15) is 0 Å². The van der Waals surface area contributed by atoms with Crippen molar-refractivity contribution in [3.63, 3.8) is 0 Å². The molecular weight excluding hydrogens is 274 g/mol. The average molecular weight is 287 g/mol. The van der Waals surface area contributed by atoms with E-state index in [1.165, 1.54) is 6.07 Å². The summed E-state index contributed by atoms with van der Waals surface area (Å²) in [6.45, 7) is 0.360. The van der Waals surface area contributed by atoms with Crippen LogP contribution >= 0.6 is 0 Å². The molecule has 1 aromatic carbocycles. The maximum absolute atomic E-state index is 11.4. The molecule has 0 bridgehead atoms. The second-order valence-electron chi connectivity index (χ2n) is 4.76. The average Bonchev–Trinajstić information content (AvgIpc) is 2.97. The van der Waals surface area contributed by atoms with Gasteiger partial charge < -0.3 is 15.1 Å². The van der Waals surface area contributed by atoms with E-state index in [0.717, 1.165) is 5.56 Å². The first kappa shape index (κ1) is 13.2. The Kier molecular flexibility index (Phi) is 3.31. The molecule has 21 heavy (non-hydrogen) atoms. The maximum Gasteiger partial charge on any atom is 0.294 e. The summed E-state index contributed by atoms with van der Waals surface area (Å²) in [5.41, 5.74) is 1.76. The Morgan fingerprint density at radius 1 is 1.38 bits per heavy atom. The highest BCUT2D eigenvalue weighted by molar-refractivity contribution is 5.95. The Morgan fingerprint density at radius 2 is 2.24 bits per heavy atom. The first-order valence-electron chi connectivity index (χ1n) is 6.51. The van der Waals surface area contributed by atoms with Gasteiger partial charge in [0.15, 0.2) is 0 Å². The minimum atomic E-state index is -0.467. The van der Waals surface area contributed by atoms with E-state index >= 15 is 0 Å². The van der Waals surface area contributed by atoms with Gasteiger partial charge in [-0.3, -0.25) is 14.9 Å². The first-order chi connectivity index (χ1) is 10.1. The number of nitro benzene ring substituents is 1. The molecule has 3 rings (SSSR count). The van der Waals surface area contributed by atoms with E-state index in [9.17, 15) is 14.9 Å². The standard InChI is InChI=1S/C14H13N3O4/c18-14-4-3-9-6-12(15-8-10-2-1-5-21-10)13(17(19)20)7-11(9)16-14/h1-2,5-7,15H,3-4,8H2,(H,16,18). The van der Waals surface area contributed by atoms with Crippen molar-refractivity contribution in [1.82, 2.24) is 0 Å². The molecule has 7 nitrogen and oxygen atoms in total. The predicted octanol–water partition coefficient (Wildman–Crippen LogP) is 2.68. The highest BCUT2D eigenvalue weighted by Crippen LogP contribution is 2.34. The summed E-state index contributed by atoms with van der Waals surface area (Å²) >= 11 is 0. The fourth-order valence-corrected chi connectivity index (χ4v) is 2.31. The molecule has 1 amide bonds. The maximum atomic E-state index is 11.4. The van der Waals surface area contributed by atoms with Crippen LogP contribution < -0.4 is 10.6 Å². The van der Waals surface area contributed by atoms with E-state index < -0.39 is 4.92 Å². The van der Waals surface area contributed by atoms with E-state index in [0.29, 0.717) is 36.5 Å². The third-order valence-electron chi connectivity index (χ3n) is 3.35. The molecule has 2 N–H and O–H groups in total. The van der Waals surface area contributed by atoms with Crippen molar-refractivity contribution in [3.05, 3.63) is 52.0 Å². The number of nitrogens with zero attached hydrogens (tertiary/aromatic N) is 1. The van der Waals surface area contributed by atoms with Crippen LogP contribution in [0.3, 0.4) is 0 Å². The number of benzene rings is 1. The molecule has 0 aliphatic carbocycles. The normalized spacial score (nSPS) is 13.4. The van der Waals surface area contributed by atoms with Crippen LogP contribution in [-0.2, 0) is 17.8 Å². The van der Waals surface area contributed by atoms with Gasteiger partial charge in [0.2, 0.25) is 5.91 Å². The molecule has 0 saturated carbocycles. The number of nitro groups is 1. The lowest BCUT2D eigenvalue weighted by Gasteiger charge is -2.18. The quantitative estimate of drug-likeness (QED) is 0.665. The Hall–Kier alpha value is -2.83. The van der Waals surface area contributed by atoms with Gasteiger partial charge in [0.1, 0.15) is 11.4 Å². The molecule has 0 atom stereocenters. The van der Waals surface area contributed by atoms with Crippen molar-refractivity contribution in [1.29, 1.82) is 0 Å². The van der Waals surface area contributed by atoms with Crippen LogP contribution in [0.4, 0.5) is 17.1 Å². The van der Waals surface area contributed by atoms with Crippen LogP contribution in [0.15, 0.2) is 34.9 Å². The van der Waals surface area contributed by atoms with Crippen LogP contribution in [-0.4, -0.2) is 10.8 Å². The number of anilines is 2. The highest BCUT2D eigenvalue weighted by Gasteiger charge is 2.22. The lowest BCUT2D eigenvalue weighted by Crippen LogP contribution is -2.19. The summed E-state index contributed by atoms with van der Waals surface area (Å²) in [5, 5.41) is 16.9. The SMILES string of the molecule is O=C1CCc2cc(NCc3ccco3)c([N+](=O)[O-])cc2N1. The number of furan rings is 1. The summed E-state index contributed by atoms with van der Waals surface area (Å²) in [6.07, 6.45) is 2.52. The topological polar surface area (TPSA) is 97.4 Å². The van der Waals surface area contributed by atoms with Crippen molar-refractivity contribution in [3.8, 4) is 0 Å². The Labute approximate surface area is 120 Å². The zero-order valence-corrected chi connectivity index (χ0v) is 11.1. The zero-order valence-electron chi connectivity index (χ0n) is 11.1. The number of rotatable bonds is 4. The molecule has 1 aromatic heterocycles. The minimum absolute atomic E-state index is 0.0671. The fourth-order valence-electron chi connectivity index (χ4n) is 2.31. The minimum Gasteiger partial charge on any atom is -0.467 e. The molecule has 1 aliphatic heterocycles. The molecule has 1 aliphatic rings. The Balaban J connectivity index is 1.91. The van der Waals surface area contributed by atoms with Gasteiger partial charge in [-0.25, -0.2) is 0 Å². The van der Waals surface area contributed by atoms with Crippen LogP contribution in [0.1, 0.15) is 17.7 Å². The number of carbonyl (C=O) groups is 1. The second-order valence-corrected chi connectivity index (χ2v) is 4.76. The lowest BCUT2D eigenvalue weighted by atomic mass is 10.0. The van der Waals surface area contributed by atoms with Crippen LogP contribution in [0.2, 0.25) is 0 Å². The van der Waals surface area contributed by atoms with Gasteiger partial charge in [0.05, 0.1) is 23.4 Å². The van der Waals surface area contributed by atoms with Crippen molar-refractivity contribution in [2.24, 2.45) is 0 Å². The highest BCUT2D eigenvalue weighted by atomic mass is 16.6. The number of nitrogens with one attached hydrogen (secondary N) is 2. The Bertz CT molecular complexity index is 694. The molecule has 2 aromatic rings. The number of aryl methyl sites for hydroxylation is 1. The van der Waals surface area contributed by atoms with E-state index in [2.05, 4.69) is 10.6 Å². The molecule has 2 heterocycles. The molecule has 0 unspecified atom stereocenters. The van der Waals surface area contributed by atoms with E-state index in [-0.39, 0.29) is 11.6 Å². The van der Waals surface area contributed by atoms with Gasteiger partial charge in [0, 0.05) is 12.5 Å². The number of hydrogen-bond acceptors (Lipinski definition) is 5. The summed E-state index contributed by atoms with van der Waals surface area (Å²) in [4.78, 5) is 22.1. The number of amides is 1. The number of carbonyl (C=O) groups excluding carboxylic acids is 1. The van der Waals surface area contributed by atoms with E-state index in [1.54, 1.807) is 24.5 Å². The molecule has 0 saturated heterocycles. The molecule has 0 fully saturated rings. The van der Waals surface area contributed by atoms with Crippen molar-refractivity contribution < 1.29 is 14.1 Å². The lowest BCUT2D eigenvalue weighted by molar-refractivity contribution is -0.383. The van der Waals surface area contributed by atoms with Gasteiger partial charge >= 0.3 is 0 Å². The van der Waals surface area contributed by atoms with Crippen molar-refractivity contribution >= 4 is 23.0 Å². The largest absolute Gasteiger partial charge is 0.467 e. The Morgan fingerprint density at radius 3 is 2.95 bits per heavy atom. The third kappa shape index (κ3) is 2.71. The number of fused-ring (bicyclic) bond motifs is 1. The van der Waals surface area contributed by atoms with Crippen molar-refractivity contribution in [2.75, 3.05) is 10.6 Å². The fraction of sp³-hybridized carbons (Fsp3) is 0.214. The predicted molar refractivity (Wildman–Crippen MR) is 76.1 cm³/mol. The molecule has 7 heteroatoms. The van der Waals surface area contributed by atoms with Crippen LogP contribution in [0.5, 0.6) is 0 Å². The summed E-state index contributed by atoms with van der Waals surface area (Å²) < 4.78 is 5.19. The van der Waals surface area contributed by atoms with Gasteiger partial charge in [-0.15, -0.1) is 0 Å². The summed E-state index contributed by atoms with van der Waals surface area (Å²) in [7, 11) is 0. The monoisotopic (exact) mass is 287 g/mol. The molecule has 0 radical (unpaired) electrons. The van der Waals surface area contributed by atoms with E-state index in [4.69, 9.17) is 4.42 Å². The van der Waals surface area contributed by atoms with Gasteiger partial charge in [-0.05, 0) is 30.2 Å². The first-order valence-corrected chi connectivity index (χ1v) is 6.51. The number of hydrogen-bond donors (Lipinski definition) is 2. The smallest absolute Gasteiger partial charge is 0.294 e. The summed E-state index contributed by atoms with van der Waals surface area (Å²) in [6, 6.07) is 6.66. The van der Waals surface area contributed by atoms with Crippen molar-refractivity contribution in [2.45, 2.75) is 19.4 Å². The van der Waals surface area contributed by atoms with E-state index in [1.807, 2.05) is 0 Å². The van der Waals surface area contributed by atoms with Gasteiger partial charge in [0.25, 0.3) is 5.69 Å². The molecule has 0 spiro atoms. The zero-order chi connectivity index (χ0) is 14.8. The molecule has 108 valence electrons. The van der Waals surface area contributed by atoms with Crippen LogP contribution in [0, 0.1) is 10.1 Å². The second kappa shape index (κ2) is 5.28. The summed E-state index contributed by atoms with van der Waals surface area (Å²) in [5.74, 6) is 0.573. The molecular formula is C14H13N3O4.